The SMILES string of the molecule is Brc1ccc(Br)s1.C1CCOC1.Cc1cc[c]([Sn]([CH3])([CH3])[CH3])s1. The van der Waals surface area contributed by atoms with Crippen molar-refractivity contribution in [1.82, 2.24) is 0 Å². The number of halogens is 2. The minimum absolute atomic E-state index is 1.00. The third-order valence-corrected chi connectivity index (χ3v) is 15.5. The quantitative estimate of drug-likeness (QED) is 0.346. The van der Waals surface area contributed by atoms with Crippen molar-refractivity contribution in [1.29, 1.82) is 0 Å². The van der Waals surface area contributed by atoms with Gasteiger partial charge >= 0.3 is 71.4 Å². The molecule has 0 unspecified atom stereocenters. The number of aryl methyl sites for hydroxylation is 1. The molecule has 1 saturated heterocycles. The predicted molar refractivity (Wildman–Crippen MR) is 112 cm³/mol. The zero-order valence-corrected chi connectivity index (χ0v) is 21.3. The van der Waals surface area contributed by atoms with Crippen molar-refractivity contribution in [3.05, 3.63) is 36.7 Å². The molecule has 3 rings (SSSR count). The Labute approximate surface area is 163 Å². The molecule has 1 aliphatic rings. The maximum atomic E-state index is 4.94. The summed E-state index contributed by atoms with van der Waals surface area (Å²) >= 11 is 8.63. The van der Waals surface area contributed by atoms with E-state index in [1.807, 2.05) is 23.5 Å². The molecule has 0 atom stereocenters. The van der Waals surface area contributed by atoms with Gasteiger partial charge in [-0.05, 0) is 56.8 Å². The van der Waals surface area contributed by atoms with Crippen LogP contribution in [0.25, 0.3) is 0 Å². The van der Waals surface area contributed by atoms with Crippen LogP contribution in [-0.4, -0.2) is 31.6 Å². The molecule has 0 amide bonds. The second-order valence-corrected chi connectivity index (χ2v) is 26.6. The van der Waals surface area contributed by atoms with Crippen LogP contribution >= 0.6 is 54.5 Å². The summed E-state index contributed by atoms with van der Waals surface area (Å²) in [6.07, 6.45) is 2.56. The molecule has 3 heterocycles. The van der Waals surface area contributed by atoms with Gasteiger partial charge in [-0.1, -0.05) is 0 Å². The molecule has 0 saturated carbocycles. The number of ether oxygens (including phenoxy) is 1. The van der Waals surface area contributed by atoms with E-state index in [9.17, 15) is 0 Å². The standard InChI is InChI=1S/C5H5S.C4H2Br2S.C4H8O.3CH3.Sn/c1-5-3-2-4-6-5;5-3-1-2-4(6)7-3;1-2-4-5-3-1;;;;/h2-3H,1H3;1-2H;1-4H2;3*1H3;. The van der Waals surface area contributed by atoms with Crippen LogP contribution in [0.1, 0.15) is 17.7 Å². The molecule has 1 fully saturated rings. The Morgan fingerprint density at radius 1 is 0.909 bits per heavy atom. The van der Waals surface area contributed by atoms with E-state index in [4.69, 9.17) is 4.74 Å². The minimum atomic E-state index is -1.67. The molecular formula is C16H24Br2OS2Sn. The molecule has 0 bridgehead atoms. The molecule has 6 heteroatoms. The van der Waals surface area contributed by atoms with E-state index >= 15 is 0 Å². The Bertz CT molecular complexity index is 518. The van der Waals surface area contributed by atoms with E-state index in [2.05, 4.69) is 65.7 Å². The van der Waals surface area contributed by atoms with Crippen molar-refractivity contribution in [2.45, 2.75) is 34.6 Å². The molecule has 0 radical (unpaired) electrons. The third kappa shape index (κ3) is 9.42. The van der Waals surface area contributed by atoms with Gasteiger partial charge in [-0.2, -0.15) is 0 Å². The van der Waals surface area contributed by atoms with E-state index in [-0.39, 0.29) is 0 Å². The normalized spacial score (nSPS) is 13.9. The summed E-state index contributed by atoms with van der Waals surface area (Å²) in [4.78, 5) is 8.83. The summed E-state index contributed by atoms with van der Waals surface area (Å²) in [6, 6.07) is 8.57. The van der Waals surface area contributed by atoms with Crippen LogP contribution in [0.5, 0.6) is 0 Å². The van der Waals surface area contributed by atoms with Crippen molar-refractivity contribution in [3.63, 3.8) is 0 Å². The van der Waals surface area contributed by atoms with Crippen LogP contribution < -0.4 is 2.89 Å². The van der Waals surface area contributed by atoms with E-state index < -0.39 is 18.4 Å². The first-order chi connectivity index (χ1) is 10.3. The van der Waals surface area contributed by atoms with Crippen molar-refractivity contribution in [2.24, 2.45) is 0 Å². The fourth-order valence-electron chi connectivity index (χ4n) is 1.64. The second kappa shape index (κ2) is 10.9. The molecule has 2 aromatic rings. The Balaban J connectivity index is 0.000000175. The number of thiophene rings is 2. The zero-order valence-electron chi connectivity index (χ0n) is 13.6. The van der Waals surface area contributed by atoms with Crippen LogP contribution in [0.4, 0.5) is 0 Å². The van der Waals surface area contributed by atoms with E-state index in [1.54, 1.807) is 14.2 Å². The summed E-state index contributed by atoms with van der Waals surface area (Å²) in [6.45, 7) is 4.19. The Morgan fingerprint density at radius 2 is 1.45 bits per heavy atom. The topological polar surface area (TPSA) is 9.23 Å². The molecule has 0 aliphatic carbocycles. The zero-order chi connectivity index (χ0) is 16.6. The molecule has 22 heavy (non-hydrogen) atoms. The number of hydrogen-bond donors (Lipinski definition) is 0. The first-order valence-corrected chi connectivity index (χ1v) is 20.6. The Kier molecular flexibility index (Phi) is 10.5. The molecule has 124 valence electrons. The van der Waals surface area contributed by atoms with Crippen LogP contribution in [0.15, 0.2) is 31.8 Å². The fraction of sp³-hybridized carbons (Fsp3) is 0.500. The summed E-state index contributed by atoms with van der Waals surface area (Å²) < 4.78 is 8.96. The second-order valence-electron chi connectivity index (χ2n) is 6.02. The summed E-state index contributed by atoms with van der Waals surface area (Å²) in [5.41, 5.74) is 0. The van der Waals surface area contributed by atoms with Gasteiger partial charge in [0.2, 0.25) is 0 Å². The van der Waals surface area contributed by atoms with Gasteiger partial charge < -0.3 is 4.74 Å². The van der Waals surface area contributed by atoms with Crippen LogP contribution in [0, 0.1) is 6.92 Å². The van der Waals surface area contributed by atoms with Gasteiger partial charge in [0, 0.05) is 13.2 Å². The van der Waals surface area contributed by atoms with Gasteiger partial charge in [0.1, 0.15) is 0 Å². The molecule has 1 nitrogen and oxygen atoms in total. The van der Waals surface area contributed by atoms with E-state index in [1.165, 1.54) is 25.3 Å². The van der Waals surface area contributed by atoms with Crippen molar-refractivity contribution >= 4 is 75.8 Å². The molecule has 1 aliphatic heterocycles. The monoisotopic (exact) mass is 574 g/mol. The summed E-state index contributed by atoms with van der Waals surface area (Å²) in [5.74, 6) is 0. The van der Waals surface area contributed by atoms with Gasteiger partial charge in [-0.15, -0.1) is 11.3 Å². The van der Waals surface area contributed by atoms with Gasteiger partial charge in [0.15, 0.2) is 0 Å². The number of hydrogen-bond acceptors (Lipinski definition) is 3. The van der Waals surface area contributed by atoms with Crippen molar-refractivity contribution in [2.75, 3.05) is 13.2 Å². The van der Waals surface area contributed by atoms with Crippen LogP contribution in [-0.2, 0) is 4.74 Å². The van der Waals surface area contributed by atoms with Gasteiger partial charge in [0.05, 0.1) is 7.57 Å². The Hall–Kier alpha value is 1.12. The summed E-state index contributed by atoms with van der Waals surface area (Å²) in [5, 5.41) is 0. The Morgan fingerprint density at radius 3 is 1.64 bits per heavy atom. The predicted octanol–water partition coefficient (Wildman–Crippen LogP) is 6.67. The maximum absolute atomic E-state index is 4.94. The van der Waals surface area contributed by atoms with Crippen molar-refractivity contribution < 1.29 is 4.74 Å². The fourth-order valence-corrected chi connectivity index (χ4v) is 10.7. The average molecular weight is 575 g/mol. The molecule has 0 N–H and O–H groups in total. The molecule has 0 spiro atoms. The van der Waals surface area contributed by atoms with Gasteiger partial charge in [-0.25, -0.2) is 0 Å². The van der Waals surface area contributed by atoms with Crippen LogP contribution in [0.2, 0.25) is 14.8 Å². The first kappa shape index (κ1) is 21.2. The molecular weight excluding hydrogens is 551 g/mol. The van der Waals surface area contributed by atoms with Gasteiger partial charge in [-0.3, -0.25) is 0 Å². The molecule has 0 aromatic carbocycles. The van der Waals surface area contributed by atoms with E-state index in [0.717, 1.165) is 13.2 Å². The van der Waals surface area contributed by atoms with Crippen LogP contribution in [0.3, 0.4) is 0 Å². The summed E-state index contributed by atoms with van der Waals surface area (Å²) in [7, 11) is 0. The molecule has 2 aromatic heterocycles. The average Bonchev–Trinajstić information content (AvgIpc) is 3.13. The van der Waals surface area contributed by atoms with Gasteiger partial charge in [0.25, 0.3) is 0 Å². The first-order valence-electron chi connectivity index (χ1n) is 7.34. The van der Waals surface area contributed by atoms with E-state index in [0.29, 0.717) is 0 Å². The van der Waals surface area contributed by atoms with Crippen molar-refractivity contribution in [3.8, 4) is 0 Å². The number of rotatable bonds is 1. The third-order valence-electron chi connectivity index (χ3n) is 2.85.